The van der Waals surface area contributed by atoms with Crippen molar-refractivity contribution in [3.8, 4) is 0 Å². The van der Waals surface area contributed by atoms with Gasteiger partial charge in [0.05, 0.1) is 6.10 Å². The van der Waals surface area contributed by atoms with Crippen LogP contribution in [0.15, 0.2) is 0 Å². The molecule has 0 spiro atoms. The van der Waals surface area contributed by atoms with E-state index in [1.165, 1.54) is 0 Å². The molecule has 0 aromatic rings. The molecule has 0 aliphatic rings. The Labute approximate surface area is 76.4 Å². The van der Waals surface area contributed by atoms with E-state index in [0.717, 1.165) is 0 Å². The van der Waals surface area contributed by atoms with E-state index < -0.39 is 8.60 Å². The lowest BCUT2D eigenvalue weighted by molar-refractivity contribution is 0.0764. The van der Waals surface area contributed by atoms with Crippen LogP contribution in [-0.4, -0.2) is 20.3 Å². The lowest BCUT2D eigenvalue weighted by atomic mass is 9.91. The Morgan fingerprint density at radius 1 is 1.08 bits per heavy atom. The molecule has 3 nitrogen and oxygen atoms in total. The minimum absolute atomic E-state index is 0.123. The molecule has 0 heterocycles. The zero-order valence-electron chi connectivity index (χ0n) is 8.75. The summed E-state index contributed by atoms with van der Waals surface area (Å²) < 4.78 is 15.5. The fourth-order valence-electron chi connectivity index (χ4n) is 0.448. The van der Waals surface area contributed by atoms with Crippen molar-refractivity contribution in [1.29, 1.82) is 0 Å². The minimum atomic E-state index is -1.16. The van der Waals surface area contributed by atoms with Crippen molar-refractivity contribution >= 4 is 8.60 Å². The third-order valence-electron chi connectivity index (χ3n) is 1.76. The summed E-state index contributed by atoms with van der Waals surface area (Å²) >= 11 is 0. The average molecular weight is 194 g/mol. The summed E-state index contributed by atoms with van der Waals surface area (Å²) in [7, 11) is 2.02. The summed E-state index contributed by atoms with van der Waals surface area (Å²) in [6.45, 7) is 8.39. The Balaban J connectivity index is 3.90. The van der Waals surface area contributed by atoms with Crippen molar-refractivity contribution in [3.63, 3.8) is 0 Å². The van der Waals surface area contributed by atoms with Crippen molar-refractivity contribution in [1.82, 2.24) is 0 Å². The smallest absolute Gasteiger partial charge is 0.316 e. The van der Waals surface area contributed by atoms with Crippen LogP contribution >= 0.6 is 8.60 Å². The SMILES string of the molecule is COP(OC)OC(C)C(C)(C)C. The number of rotatable bonds is 4. The first-order valence-corrected chi connectivity index (χ1v) is 5.06. The second-order valence-corrected chi connectivity index (χ2v) is 5.09. The Kier molecular flexibility index (Phi) is 5.26. The second-order valence-electron chi connectivity index (χ2n) is 3.70. The maximum Gasteiger partial charge on any atom is 0.332 e. The predicted octanol–water partition coefficient (Wildman–Crippen LogP) is 2.96. The van der Waals surface area contributed by atoms with E-state index in [-0.39, 0.29) is 11.5 Å². The van der Waals surface area contributed by atoms with Crippen LogP contribution in [0.3, 0.4) is 0 Å². The van der Waals surface area contributed by atoms with Gasteiger partial charge < -0.3 is 13.6 Å². The fraction of sp³-hybridized carbons (Fsp3) is 1.00. The molecule has 0 aromatic heterocycles. The molecule has 0 aliphatic heterocycles. The highest BCUT2D eigenvalue weighted by Gasteiger charge is 2.24. The molecule has 0 saturated heterocycles. The van der Waals surface area contributed by atoms with Gasteiger partial charge in [0.1, 0.15) is 0 Å². The zero-order valence-corrected chi connectivity index (χ0v) is 9.64. The maximum atomic E-state index is 5.53. The first kappa shape index (κ1) is 12.3. The highest BCUT2D eigenvalue weighted by atomic mass is 31.2. The fourth-order valence-corrected chi connectivity index (χ4v) is 1.34. The van der Waals surface area contributed by atoms with Crippen LogP contribution in [-0.2, 0) is 13.6 Å². The van der Waals surface area contributed by atoms with E-state index in [2.05, 4.69) is 20.8 Å². The van der Waals surface area contributed by atoms with Crippen molar-refractivity contribution in [2.75, 3.05) is 14.2 Å². The third-order valence-corrected chi connectivity index (χ3v) is 2.85. The van der Waals surface area contributed by atoms with E-state index in [1.807, 2.05) is 6.92 Å². The molecular weight excluding hydrogens is 175 g/mol. The van der Waals surface area contributed by atoms with Crippen LogP contribution in [0, 0.1) is 5.41 Å². The van der Waals surface area contributed by atoms with Gasteiger partial charge in [0.2, 0.25) is 0 Å². The topological polar surface area (TPSA) is 27.7 Å². The Morgan fingerprint density at radius 3 is 1.75 bits per heavy atom. The predicted molar refractivity (Wildman–Crippen MR) is 50.9 cm³/mol. The molecule has 74 valence electrons. The summed E-state index contributed by atoms with van der Waals surface area (Å²) in [6, 6.07) is 0. The van der Waals surface area contributed by atoms with Crippen molar-refractivity contribution in [2.24, 2.45) is 5.41 Å². The van der Waals surface area contributed by atoms with Gasteiger partial charge in [0, 0.05) is 14.2 Å². The first-order chi connectivity index (χ1) is 5.41. The lowest BCUT2D eigenvalue weighted by Crippen LogP contribution is -2.24. The van der Waals surface area contributed by atoms with Crippen molar-refractivity contribution in [3.05, 3.63) is 0 Å². The molecular formula is C8H19O3P. The molecule has 0 saturated carbocycles. The number of hydrogen-bond donors (Lipinski definition) is 0. The standard InChI is InChI=1S/C8H19O3P/c1-7(8(2,3)4)11-12(9-5)10-6/h7H,1-6H3. The summed E-state index contributed by atoms with van der Waals surface area (Å²) in [5.74, 6) is 0. The van der Waals surface area contributed by atoms with Crippen molar-refractivity contribution in [2.45, 2.75) is 33.8 Å². The van der Waals surface area contributed by atoms with E-state index in [9.17, 15) is 0 Å². The molecule has 0 aliphatic carbocycles. The molecule has 1 atom stereocenters. The van der Waals surface area contributed by atoms with Crippen LogP contribution in [0.2, 0.25) is 0 Å². The number of hydrogen-bond acceptors (Lipinski definition) is 3. The van der Waals surface area contributed by atoms with Gasteiger partial charge in [-0.15, -0.1) is 0 Å². The largest absolute Gasteiger partial charge is 0.332 e. The van der Waals surface area contributed by atoms with Gasteiger partial charge in [0.15, 0.2) is 0 Å². The van der Waals surface area contributed by atoms with E-state index >= 15 is 0 Å². The molecule has 0 N–H and O–H groups in total. The van der Waals surface area contributed by atoms with E-state index in [0.29, 0.717) is 0 Å². The van der Waals surface area contributed by atoms with E-state index in [4.69, 9.17) is 13.6 Å². The normalized spacial score (nSPS) is 15.2. The van der Waals surface area contributed by atoms with Crippen LogP contribution < -0.4 is 0 Å². The molecule has 0 bridgehead atoms. The first-order valence-electron chi connectivity index (χ1n) is 3.97. The van der Waals surface area contributed by atoms with Crippen LogP contribution in [0.1, 0.15) is 27.7 Å². The zero-order chi connectivity index (χ0) is 9.78. The summed E-state index contributed by atoms with van der Waals surface area (Å²) in [5, 5.41) is 0. The van der Waals surface area contributed by atoms with Crippen molar-refractivity contribution < 1.29 is 13.6 Å². The van der Waals surface area contributed by atoms with E-state index in [1.54, 1.807) is 14.2 Å². The van der Waals surface area contributed by atoms with Gasteiger partial charge >= 0.3 is 8.60 Å². The van der Waals surface area contributed by atoms with Gasteiger partial charge in [0.25, 0.3) is 0 Å². The minimum Gasteiger partial charge on any atom is -0.316 e. The Bertz CT molecular complexity index is 118. The molecule has 0 aromatic carbocycles. The van der Waals surface area contributed by atoms with Gasteiger partial charge in [-0.2, -0.15) is 0 Å². The third kappa shape index (κ3) is 4.36. The Morgan fingerprint density at radius 2 is 1.50 bits per heavy atom. The maximum absolute atomic E-state index is 5.53. The summed E-state index contributed by atoms with van der Waals surface area (Å²) in [5.41, 5.74) is 0.123. The van der Waals surface area contributed by atoms with Gasteiger partial charge in [-0.1, -0.05) is 20.8 Å². The van der Waals surface area contributed by atoms with Gasteiger partial charge in [-0.25, -0.2) is 0 Å². The molecule has 4 heteroatoms. The Hall–Kier alpha value is 0.310. The van der Waals surface area contributed by atoms with Crippen LogP contribution in [0.25, 0.3) is 0 Å². The summed E-state index contributed by atoms with van der Waals surface area (Å²) in [4.78, 5) is 0. The van der Waals surface area contributed by atoms with Gasteiger partial charge in [-0.05, 0) is 12.3 Å². The summed E-state index contributed by atoms with van der Waals surface area (Å²) in [6.07, 6.45) is 0.128. The van der Waals surface area contributed by atoms with Crippen LogP contribution in [0.4, 0.5) is 0 Å². The quantitative estimate of drug-likeness (QED) is 0.644. The molecule has 12 heavy (non-hydrogen) atoms. The average Bonchev–Trinajstić information content (AvgIpc) is 1.97. The van der Waals surface area contributed by atoms with Crippen LogP contribution in [0.5, 0.6) is 0 Å². The molecule has 0 rings (SSSR count). The highest BCUT2D eigenvalue weighted by molar-refractivity contribution is 7.41. The molecule has 0 amide bonds. The molecule has 0 fully saturated rings. The second kappa shape index (κ2) is 5.13. The molecule has 0 radical (unpaired) electrons. The highest BCUT2D eigenvalue weighted by Crippen LogP contribution is 2.42. The van der Waals surface area contributed by atoms with Gasteiger partial charge in [-0.3, -0.25) is 0 Å². The molecule has 1 unspecified atom stereocenters. The lowest BCUT2D eigenvalue weighted by Gasteiger charge is -2.28. The monoisotopic (exact) mass is 194 g/mol.